The van der Waals surface area contributed by atoms with Crippen molar-refractivity contribution in [1.29, 1.82) is 0 Å². The number of hydrogen-bond acceptors (Lipinski definition) is 5. The minimum absolute atomic E-state index is 0.223. The summed E-state index contributed by atoms with van der Waals surface area (Å²) >= 11 is 1.43. The second-order valence-electron chi connectivity index (χ2n) is 6.88. The zero-order chi connectivity index (χ0) is 18.4. The smallest absolute Gasteiger partial charge is 0.275 e. The molecule has 0 radical (unpaired) electrons. The van der Waals surface area contributed by atoms with Crippen LogP contribution >= 0.6 is 11.3 Å². The monoisotopic (exact) mass is 378 g/mol. The predicted octanol–water partition coefficient (Wildman–Crippen LogP) is 3.94. The van der Waals surface area contributed by atoms with E-state index in [-0.39, 0.29) is 5.91 Å². The van der Waals surface area contributed by atoms with Crippen molar-refractivity contribution < 1.29 is 4.79 Å². The van der Waals surface area contributed by atoms with Crippen LogP contribution in [0.1, 0.15) is 41.5 Å². The van der Waals surface area contributed by atoms with Crippen molar-refractivity contribution in [3.05, 3.63) is 47.5 Å². The van der Waals surface area contributed by atoms with E-state index in [0.717, 1.165) is 33.1 Å². The maximum Gasteiger partial charge on any atom is 0.275 e. The summed E-state index contributed by atoms with van der Waals surface area (Å²) < 4.78 is 1.72. The number of aryl methyl sites for hydroxylation is 1. The molecule has 1 aromatic carbocycles. The lowest BCUT2D eigenvalue weighted by Crippen LogP contribution is -2.12. The Bertz CT molecular complexity index is 1140. The molecule has 1 saturated carbocycles. The number of nitrogens with one attached hydrogen (secondary N) is 2. The highest BCUT2D eigenvalue weighted by molar-refractivity contribution is 7.13. The third kappa shape index (κ3) is 3.02. The number of rotatable bonds is 4. The van der Waals surface area contributed by atoms with Crippen LogP contribution in [0.15, 0.2) is 36.0 Å². The lowest BCUT2D eigenvalue weighted by atomic mass is 9.85. The van der Waals surface area contributed by atoms with Gasteiger partial charge in [0.05, 0.1) is 17.2 Å². The number of imidazole rings is 1. The number of aromatic nitrogens is 5. The quantitative estimate of drug-likeness (QED) is 0.563. The molecule has 0 bridgehead atoms. The standard InChI is InChI=1S/C19H18N6OS/c1-25-9-12(8-20-25)19-24-16(10-27-19)18(26)21-13-5-6-14-15(7-13)23-17(22-14)11-3-2-4-11/h5-11H,2-4H2,1H3,(H,21,26)(H,22,23). The van der Waals surface area contributed by atoms with Crippen LogP contribution in [0.4, 0.5) is 5.69 Å². The van der Waals surface area contributed by atoms with E-state index in [4.69, 9.17) is 0 Å². The summed E-state index contributed by atoms with van der Waals surface area (Å²) in [6, 6.07) is 5.74. The normalized spacial score (nSPS) is 14.4. The molecule has 3 aromatic heterocycles. The fourth-order valence-corrected chi connectivity index (χ4v) is 4.00. The van der Waals surface area contributed by atoms with Gasteiger partial charge in [0.2, 0.25) is 0 Å². The average Bonchev–Trinajstić information content (AvgIpc) is 3.31. The zero-order valence-electron chi connectivity index (χ0n) is 14.8. The van der Waals surface area contributed by atoms with Gasteiger partial charge in [0.1, 0.15) is 16.5 Å². The van der Waals surface area contributed by atoms with Crippen LogP contribution in [0.25, 0.3) is 21.6 Å². The van der Waals surface area contributed by atoms with Gasteiger partial charge >= 0.3 is 0 Å². The molecule has 1 amide bonds. The second-order valence-corrected chi connectivity index (χ2v) is 7.73. The number of carbonyl (C=O) groups excluding carboxylic acids is 1. The van der Waals surface area contributed by atoms with E-state index in [9.17, 15) is 4.79 Å². The molecule has 1 aliphatic carbocycles. The van der Waals surface area contributed by atoms with Crippen LogP contribution in [0.3, 0.4) is 0 Å². The van der Waals surface area contributed by atoms with Gasteiger partial charge in [-0.25, -0.2) is 9.97 Å². The van der Waals surface area contributed by atoms with Crippen molar-refractivity contribution in [3.63, 3.8) is 0 Å². The lowest BCUT2D eigenvalue weighted by molar-refractivity contribution is 0.102. The van der Waals surface area contributed by atoms with E-state index in [1.54, 1.807) is 16.3 Å². The molecule has 0 aliphatic heterocycles. The van der Waals surface area contributed by atoms with E-state index in [1.165, 1.54) is 30.6 Å². The van der Waals surface area contributed by atoms with Gasteiger partial charge in [0, 0.05) is 35.8 Å². The molecule has 7 nitrogen and oxygen atoms in total. The molecule has 0 unspecified atom stereocenters. The van der Waals surface area contributed by atoms with E-state index in [2.05, 4.69) is 25.4 Å². The van der Waals surface area contributed by atoms with Crippen LogP contribution in [-0.2, 0) is 7.05 Å². The average molecular weight is 378 g/mol. The lowest BCUT2D eigenvalue weighted by Gasteiger charge is -2.22. The predicted molar refractivity (Wildman–Crippen MR) is 105 cm³/mol. The molecule has 8 heteroatoms. The van der Waals surface area contributed by atoms with E-state index in [0.29, 0.717) is 11.6 Å². The van der Waals surface area contributed by atoms with Crippen LogP contribution in [0.2, 0.25) is 0 Å². The van der Waals surface area contributed by atoms with Gasteiger partial charge in [-0.15, -0.1) is 11.3 Å². The minimum Gasteiger partial charge on any atom is -0.342 e. The molecule has 2 N–H and O–H groups in total. The molecule has 1 fully saturated rings. The Morgan fingerprint density at radius 2 is 2.22 bits per heavy atom. The van der Waals surface area contributed by atoms with Crippen molar-refractivity contribution in [3.8, 4) is 10.6 Å². The second kappa shape index (κ2) is 6.31. The van der Waals surface area contributed by atoms with Crippen LogP contribution < -0.4 is 5.32 Å². The summed E-state index contributed by atoms with van der Waals surface area (Å²) in [5.41, 5.74) is 3.92. The van der Waals surface area contributed by atoms with Gasteiger partial charge in [0.25, 0.3) is 5.91 Å². The highest BCUT2D eigenvalue weighted by Gasteiger charge is 2.22. The zero-order valence-corrected chi connectivity index (χ0v) is 15.6. The summed E-state index contributed by atoms with van der Waals surface area (Å²) in [4.78, 5) is 25.0. The molecule has 27 heavy (non-hydrogen) atoms. The maximum absolute atomic E-state index is 12.6. The van der Waals surface area contributed by atoms with E-state index < -0.39 is 0 Å². The van der Waals surface area contributed by atoms with Gasteiger partial charge in [0.15, 0.2) is 0 Å². The van der Waals surface area contributed by atoms with Gasteiger partial charge in [-0.1, -0.05) is 6.42 Å². The number of amides is 1. The SMILES string of the molecule is Cn1cc(-c2nc(C(=O)Nc3ccc4nc(C5CCC5)[nH]c4c3)cs2)cn1. The first-order valence-corrected chi connectivity index (χ1v) is 9.79. The summed E-state index contributed by atoms with van der Waals surface area (Å²) in [5, 5.41) is 9.61. The Balaban J connectivity index is 1.35. The van der Waals surface area contributed by atoms with E-state index >= 15 is 0 Å². The maximum atomic E-state index is 12.6. The Morgan fingerprint density at radius 1 is 1.33 bits per heavy atom. The first kappa shape index (κ1) is 16.2. The Labute approximate surface area is 159 Å². The molecule has 0 spiro atoms. The van der Waals surface area contributed by atoms with Crippen molar-refractivity contribution in [2.24, 2.45) is 7.05 Å². The number of aromatic amines is 1. The number of hydrogen-bond donors (Lipinski definition) is 2. The fourth-order valence-electron chi connectivity index (χ4n) is 3.22. The Morgan fingerprint density at radius 3 is 2.96 bits per heavy atom. The van der Waals surface area contributed by atoms with Crippen molar-refractivity contribution in [2.75, 3.05) is 5.32 Å². The summed E-state index contributed by atoms with van der Waals surface area (Å²) in [7, 11) is 1.85. The largest absolute Gasteiger partial charge is 0.342 e. The third-order valence-electron chi connectivity index (χ3n) is 4.94. The number of anilines is 1. The molecule has 4 aromatic rings. The number of benzene rings is 1. The highest BCUT2D eigenvalue weighted by Crippen LogP contribution is 2.35. The summed E-state index contributed by atoms with van der Waals surface area (Å²) in [5.74, 6) is 1.39. The van der Waals surface area contributed by atoms with Gasteiger partial charge in [-0.2, -0.15) is 5.10 Å². The van der Waals surface area contributed by atoms with Crippen LogP contribution in [0, 0.1) is 0 Å². The fraction of sp³-hybridized carbons (Fsp3) is 0.263. The van der Waals surface area contributed by atoms with Crippen LogP contribution in [-0.4, -0.2) is 30.6 Å². The minimum atomic E-state index is -0.223. The van der Waals surface area contributed by atoms with Gasteiger partial charge < -0.3 is 10.3 Å². The molecule has 3 heterocycles. The number of carbonyl (C=O) groups is 1. The molecule has 0 atom stereocenters. The van der Waals surface area contributed by atoms with Crippen LogP contribution in [0.5, 0.6) is 0 Å². The van der Waals surface area contributed by atoms with Crippen molar-refractivity contribution >= 4 is 34.0 Å². The molecular weight excluding hydrogens is 360 g/mol. The number of H-pyrrole nitrogens is 1. The number of thiazole rings is 1. The van der Waals surface area contributed by atoms with E-state index in [1.807, 2.05) is 31.4 Å². The van der Waals surface area contributed by atoms with Crippen molar-refractivity contribution in [1.82, 2.24) is 24.7 Å². The third-order valence-corrected chi connectivity index (χ3v) is 5.83. The Kier molecular flexibility index (Phi) is 3.78. The van der Waals surface area contributed by atoms with Crippen molar-refractivity contribution in [2.45, 2.75) is 25.2 Å². The molecule has 5 rings (SSSR count). The molecule has 1 aliphatic rings. The highest BCUT2D eigenvalue weighted by atomic mass is 32.1. The number of nitrogens with zero attached hydrogens (tertiary/aromatic N) is 4. The summed E-state index contributed by atoms with van der Waals surface area (Å²) in [6.45, 7) is 0. The topological polar surface area (TPSA) is 88.5 Å². The summed E-state index contributed by atoms with van der Waals surface area (Å²) in [6.07, 6.45) is 7.30. The Hall–Kier alpha value is -3.00. The first-order valence-electron chi connectivity index (χ1n) is 8.91. The molecule has 136 valence electrons. The van der Waals surface area contributed by atoms with Gasteiger partial charge in [-0.3, -0.25) is 9.48 Å². The van der Waals surface area contributed by atoms with Gasteiger partial charge in [-0.05, 0) is 31.0 Å². The molecular formula is C19H18N6OS. The number of fused-ring (bicyclic) bond motifs is 1. The first-order chi connectivity index (χ1) is 13.2. The molecule has 0 saturated heterocycles.